The monoisotopic (exact) mass is 403 g/mol. The first kappa shape index (κ1) is 18.4. The molecule has 0 unspecified atom stereocenters. The number of nitrogens with one attached hydrogen (secondary N) is 2. The normalized spacial score (nSPS) is 11.5. The highest BCUT2D eigenvalue weighted by atomic mass is 19.1. The number of aromatic nitrogens is 3. The van der Waals surface area contributed by atoms with Crippen LogP contribution in [-0.2, 0) is 7.05 Å². The summed E-state index contributed by atoms with van der Waals surface area (Å²) in [4.78, 5) is 6.28. The molecule has 0 aliphatic heterocycles. The molecule has 2 aromatic carbocycles. The van der Waals surface area contributed by atoms with Crippen molar-refractivity contribution in [2.75, 3.05) is 14.2 Å². The Labute approximate surface area is 173 Å². The molecule has 0 saturated carbocycles. The predicted molar refractivity (Wildman–Crippen MR) is 118 cm³/mol. The first-order chi connectivity index (χ1) is 14.5. The molecule has 0 amide bonds. The van der Waals surface area contributed by atoms with Crippen molar-refractivity contribution in [1.29, 1.82) is 0 Å². The van der Waals surface area contributed by atoms with Gasteiger partial charge in [0, 0.05) is 40.7 Å². The zero-order chi connectivity index (χ0) is 21.0. The molecule has 0 radical (unpaired) electrons. The fourth-order valence-corrected chi connectivity index (χ4v) is 4.30. The Bertz CT molecular complexity index is 1410. The predicted octanol–water partition coefficient (Wildman–Crippen LogP) is 5.79. The summed E-state index contributed by atoms with van der Waals surface area (Å²) in [5.74, 6) is 1.13. The molecule has 5 rings (SSSR count). The summed E-state index contributed by atoms with van der Waals surface area (Å²) in [6.45, 7) is 2.05. The number of aryl methyl sites for hydroxylation is 1. The van der Waals surface area contributed by atoms with Crippen LogP contribution in [-0.4, -0.2) is 28.8 Å². The number of rotatable bonds is 4. The molecule has 5 nitrogen and oxygen atoms in total. The first-order valence-corrected chi connectivity index (χ1v) is 9.69. The number of benzene rings is 2. The largest absolute Gasteiger partial charge is 0.497 e. The van der Waals surface area contributed by atoms with E-state index in [0.29, 0.717) is 16.8 Å². The van der Waals surface area contributed by atoms with Crippen molar-refractivity contribution in [2.45, 2.75) is 6.92 Å². The molecule has 5 aromatic rings. The highest BCUT2D eigenvalue weighted by Crippen LogP contribution is 2.39. The van der Waals surface area contributed by atoms with E-state index < -0.39 is 0 Å². The molecule has 0 fully saturated rings. The van der Waals surface area contributed by atoms with Gasteiger partial charge in [0.15, 0.2) is 0 Å². The third-order valence-corrected chi connectivity index (χ3v) is 5.79. The van der Waals surface area contributed by atoms with E-state index in [0.717, 1.165) is 44.7 Å². The molecule has 0 saturated heterocycles. The Balaban J connectivity index is 1.71. The lowest BCUT2D eigenvalue weighted by Crippen LogP contribution is -1.96. The molecular weight excluding hydrogens is 381 g/mol. The fraction of sp³-hybridized carbons (Fsp3) is 0.167. The van der Waals surface area contributed by atoms with Crippen molar-refractivity contribution in [1.82, 2.24) is 14.5 Å². The third kappa shape index (κ3) is 2.60. The third-order valence-electron chi connectivity index (χ3n) is 5.79. The maximum absolute atomic E-state index is 15.0. The number of H-pyrrole nitrogens is 2. The van der Waals surface area contributed by atoms with E-state index in [1.54, 1.807) is 14.2 Å². The molecule has 2 N–H and O–H groups in total. The molecule has 0 bridgehead atoms. The van der Waals surface area contributed by atoms with Crippen LogP contribution in [0.1, 0.15) is 5.69 Å². The van der Waals surface area contributed by atoms with Crippen LogP contribution in [0, 0.1) is 12.9 Å². The molecule has 0 aliphatic carbocycles. The van der Waals surface area contributed by atoms with Crippen LogP contribution in [0.5, 0.6) is 11.5 Å². The van der Waals surface area contributed by atoms with E-state index in [1.165, 1.54) is 0 Å². The second-order valence-corrected chi connectivity index (χ2v) is 7.42. The summed E-state index contributed by atoms with van der Waals surface area (Å²) in [5.41, 5.74) is 6.24. The minimum atomic E-state index is -0.358. The van der Waals surface area contributed by atoms with E-state index >= 15 is 0 Å². The summed E-state index contributed by atoms with van der Waals surface area (Å²) in [5, 5.41) is 1.89. The second-order valence-electron chi connectivity index (χ2n) is 7.42. The fourth-order valence-electron chi connectivity index (χ4n) is 4.30. The van der Waals surface area contributed by atoms with Crippen molar-refractivity contribution in [3.63, 3.8) is 0 Å². The van der Waals surface area contributed by atoms with Gasteiger partial charge >= 0.3 is 0 Å². The zero-order valence-electron chi connectivity index (χ0n) is 17.3. The highest BCUT2D eigenvalue weighted by molar-refractivity contribution is 6.00. The van der Waals surface area contributed by atoms with Crippen LogP contribution in [0.4, 0.5) is 4.39 Å². The highest BCUT2D eigenvalue weighted by Gasteiger charge is 2.20. The molecule has 3 heterocycles. The van der Waals surface area contributed by atoms with Crippen LogP contribution in [0.25, 0.3) is 44.3 Å². The molecule has 0 spiro atoms. The van der Waals surface area contributed by atoms with Gasteiger partial charge < -0.3 is 24.0 Å². The van der Waals surface area contributed by atoms with Gasteiger partial charge in [-0.15, -0.1) is 0 Å². The van der Waals surface area contributed by atoms with Crippen molar-refractivity contribution in [3.8, 4) is 34.0 Å². The molecule has 152 valence electrons. The molecule has 3 aromatic heterocycles. The van der Waals surface area contributed by atoms with Crippen LogP contribution in [0.3, 0.4) is 0 Å². The summed E-state index contributed by atoms with van der Waals surface area (Å²) < 4.78 is 27.7. The van der Waals surface area contributed by atoms with Gasteiger partial charge in [0.1, 0.15) is 11.5 Å². The molecule has 0 atom stereocenters. The average molecular weight is 403 g/mol. The lowest BCUT2D eigenvalue weighted by molar-refractivity contribution is 0.415. The van der Waals surface area contributed by atoms with Crippen LogP contribution in [0.2, 0.25) is 0 Å². The number of halogens is 1. The van der Waals surface area contributed by atoms with Gasteiger partial charge in [0.25, 0.3) is 0 Å². The van der Waals surface area contributed by atoms with Gasteiger partial charge in [-0.05, 0) is 49.4 Å². The van der Waals surface area contributed by atoms with Crippen LogP contribution >= 0.6 is 0 Å². The van der Waals surface area contributed by atoms with Crippen LogP contribution < -0.4 is 9.47 Å². The number of ether oxygens (including phenoxy) is 2. The van der Waals surface area contributed by atoms with Crippen LogP contribution in [0.15, 0.2) is 48.5 Å². The Morgan fingerprint density at radius 1 is 0.767 bits per heavy atom. The standard InChI is InChI=1S/C24H22FN3O2/c1-13-22(17-11-14(29-3)6-8-18(17)26-13)20-9-10-21(28(20)2)23-16-7-5-15(30-4)12-19(16)27-24(23)25/h5-12,26-27H,1-4H3. The zero-order valence-corrected chi connectivity index (χ0v) is 17.3. The van der Waals surface area contributed by atoms with Gasteiger partial charge in [-0.2, -0.15) is 4.39 Å². The quantitative estimate of drug-likeness (QED) is 0.399. The number of hydrogen-bond donors (Lipinski definition) is 2. The topological polar surface area (TPSA) is 55.0 Å². The number of nitrogens with zero attached hydrogens (tertiary/aromatic N) is 1. The lowest BCUT2D eigenvalue weighted by Gasteiger charge is -2.09. The van der Waals surface area contributed by atoms with E-state index in [2.05, 4.69) is 9.97 Å². The SMILES string of the molecule is COc1ccc2c(-c3ccc(-c4c(C)[nH]c5ccc(OC)cc45)n3C)c(F)[nH]c2c1. The Hall–Kier alpha value is -3.67. The minimum absolute atomic E-state index is 0.358. The minimum Gasteiger partial charge on any atom is -0.497 e. The number of hydrogen-bond acceptors (Lipinski definition) is 2. The number of fused-ring (bicyclic) bond motifs is 2. The maximum Gasteiger partial charge on any atom is 0.201 e. The Kier molecular flexibility index (Phi) is 4.10. The van der Waals surface area contributed by atoms with E-state index in [1.807, 2.05) is 67.1 Å². The van der Waals surface area contributed by atoms with Gasteiger partial charge in [-0.1, -0.05) is 0 Å². The van der Waals surface area contributed by atoms with E-state index in [4.69, 9.17) is 9.47 Å². The van der Waals surface area contributed by atoms with E-state index in [9.17, 15) is 4.39 Å². The average Bonchev–Trinajstić information content (AvgIpc) is 3.37. The summed E-state index contributed by atoms with van der Waals surface area (Å²) in [7, 11) is 5.23. The molecule has 6 heteroatoms. The van der Waals surface area contributed by atoms with Crippen molar-refractivity contribution in [3.05, 3.63) is 60.2 Å². The van der Waals surface area contributed by atoms with Gasteiger partial charge in [0.2, 0.25) is 5.95 Å². The van der Waals surface area contributed by atoms with Gasteiger partial charge in [-0.3, -0.25) is 0 Å². The second kappa shape index (κ2) is 6.69. The van der Waals surface area contributed by atoms with Gasteiger partial charge in [0.05, 0.1) is 36.7 Å². The Morgan fingerprint density at radius 2 is 1.43 bits per heavy atom. The molecular formula is C24H22FN3O2. The maximum atomic E-state index is 15.0. The van der Waals surface area contributed by atoms with Gasteiger partial charge in [-0.25, -0.2) is 0 Å². The number of aromatic amines is 2. The lowest BCUT2D eigenvalue weighted by atomic mass is 10.1. The number of methoxy groups -OCH3 is 2. The first-order valence-electron chi connectivity index (χ1n) is 9.69. The molecule has 0 aliphatic rings. The molecule has 30 heavy (non-hydrogen) atoms. The Morgan fingerprint density at radius 3 is 2.17 bits per heavy atom. The summed E-state index contributed by atoms with van der Waals surface area (Å²) >= 11 is 0. The summed E-state index contributed by atoms with van der Waals surface area (Å²) in [6.07, 6.45) is 0. The van der Waals surface area contributed by atoms with Crippen molar-refractivity contribution < 1.29 is 13.9 Å². The van der Waals surface area contributed by atoms with Crippen molar-refractivity contribution in [2.24, 2.45) is 7.05 Å². The summed E-state index contributed by atoms with van der Waals surface area (Å²) in [6, 6.07) is 15.5. The van der Waals surface area contributed by atoms with E-state index in [-0.39, 0.29) is 5.95 Å². The smallest absolute Gasteiger partial charge is 0.201 e. The van der Waals surface area contributed by atoms with Crippen molar-refractivity contribution >= 4 is 21.8 Å².